The number of rotatable bonds is 3. The summed E-state index contributed by atoms with van der Waals surface area (Å²) < 4.78 is 40.5. The number of hydrogen-bond donors (Lipinski definition) is 1. The second kappa shape index (κ2) is 6.67. The van der Waals surface area contributed by atoms with E-state index in [1.54, 1.807) is 0 Å². The smallest absolute Gasteiger partial charge is 0.416 e. The molecule has 6 nitrogen and oxygen atoms in total. The average Bonchev–Trinajstić information content (AvgIpc) is 2.62. The quantitative estimate of drug-likeness (QED) is 0.759. The number of aromatic carboxylic acids is 1. The van der Waals surface area contributed by atoms with Crippen LogP contribution in [0.1, 0.15) is 21.6 Å². The summed E-state index contributed by atoms with van der Waals surface area (Å²) in [7, 11) is 0. The second-order valence-electron chi connectivity index (χ2n) is 5.68. The maximum absolute atomic E-state index is 13.0. The van der Waals surface area contributed by atoms with Crippen LogP contribution < -0.4 is 5.43 Å². The molecule has 138 valence electrons. The molecule has 2 heterocycles. The van der Waals surface area contributed by atoms with Crippen LogP contribution in [0.25, 0.3) is 16.8 Å². The molecular formula is C18H12F3N3O3. The minimum Gasteiger partial charge on any atom is -0.477 e. The van der Waals surface area contributed by atoms with Crippen molar-refractivity contribution < 1.29 is 23.1 Å². The molecule has 1 N–H and O–H groups in total. The molecule has 0 bridgehead atoms. The Labute approximate surface area is 150 Å². The summed E-state index contributed by atoms with van der Waals surface area (Å²) in [6, 6.07) is 4.20. The van der Waals surface area contributed by atoms with Crippen molar-refractivity contribution in [2.24, 2.45) is 0 Å². The van der Waals surface area contributed by atoms with Gasteiger partial charge in [0.25, 0.3) is 0 Å². The fourth-order valence-electron chi connectivity index (χ4n) is 2.73. The molecule has 0 amide bonds. The van der Waals surface area contributed by atoms with Crippen molar-refractivity contribution in [2.75, 3.05) is 0 Å². The predicted octanol–water partition coefficient (Wildman–Crippen LogP) is 3.32. The molecule has 0 aliphatic rings. The Bertz CT molecular complexity index is 1080. The molecule has 1 aromatic carbocycles. The molecule has 27 heavy (non-hydrogen) atoms. The first-order valence-corrected chi connectivity index (χ1v) is 7.62. The molecule has 9 heteroatoms. The summed E-state index contributed by atoms with van der Waals surface area (Å²) in [4.78, 5) is 31.9. The van der Waals surface area contributed by atoms with Crippen LogP contribution in [0.2, 0.25) is 0 Å². The molecular weight excluding hydrogens is 363 g/mol. The molecule has 0 fully saturated rings. The summed E-state index contributed by atoms with van der Waals surface area (Å²) in [5, 5.41) is 9.36. The Morgan fingerprint density at radius 2 is 1.85 bits per heavy atom. The van der Waals surface area contributed by atoms with Crippen LogP contribution in [-0.4, -0.2) is 25.6 Å². The van der Waals surface area contributed by atoms with Crippen LogP contribution in [0.4, 0.5) is 13.2 Å². The number of hydrogen-bond acceptors (Lipinski definition) is 4. The topological polar surface area (TPSA) is 85.1 Å². The number of carboxylic acid groups (broad SMARTS) is 1. The normalized spacial score (nSPS) is 11.4. The van der Waals surface area contributed by atoms with E-state index in [1.165, 1.54) is 42.3 Å². The molecule has 3 rings (SSSR count). The van der Waals surface area contributed by atoms with Gasteiger partial charge in [-0.05, 0) is 24.6 Å². The lowest BCUT2D eigenvalue weighted by Crippen LogP contribution is -2.22. The zero-order valence-electron chi connectivity index (χ0n) is 13.9. The Morgan fingerprint density at radius 3 is 2.44 bits per heavy atom. The predicted molar refractivity (Wildman–Crippen MR) is 89.8 cm³/mol. The van der Waals surface area contributed by atoms with Crippen LogP contribution in [-0.2, 0) is 6.18 Å². The number of nitrogens with zero attached hydrogens (tertiary/aromatic N) is 3. The van der Waals surface area contributed by atoms with Gasteiger partial charge in [-0.1, -0.05) is 12.1 Å². The van der Waals surface area contributed by atoms with E-state index in [9.17, 15) is 27.9 Å². The van der Waals surface area contributed by atoms with Crippen molar-refractivity contribution in [1.29, 1.82) is 0 Å². The average molecular weight is 375 g/mol. The van der Waals surface area contributed by atoms with Crippen LogP contribution in [0.5, 0.6) is 0 Å². The zero-order chi connectivity index (χ0) is 19.8. The van der Waals surface area contributed by atoms with Crippen molar-refractivity contribution in [3.8, 4) is 16.8 Å². The Morgan fingerprint density at radius 1 is 1.19 bits per heavy atom. The minimum absolute atomic E-state index is 0.0268. The molecule has 0 radical (unpaired) electrons. The highest BCUT2D eigenvalue weighted by atomic mass is 19.4. The van der Waals surface area contributed by atoms with Crippen molar-refractivity contribution in [3.05, 3.63) is 76.2 Å². The molecule has 2 aromatic heterocycles. The molecule has 0 saturated heterocycles. The maximum atomic E-state index is 13.0. The largest absolute Gasteiger partial charge is 0.477 e. The number of pyridine rings is 1. The number of carboxylic acids is 1. The third-order valence-corrected chi connectivity index (χ3v) is 3.99. The van der Waals surface area contributed by atoms with Gasteiger partial charge in [0.05, 0.1) is 23.6 Å². The number of halogens is 3. The minimum atomic E-state index is -4.60. The van der Waals surface area contributed by atoms with E-state index in [1.807, 2.05) is 0 Å². The highest BCUT2D eigenvalue weighted by Gasteiger charge is 2.31. The molecule has 0 atom stereocenters. The first-order chi connectivity index (χ1) is 12.7. The summed E-state index contributed by atoms with van der Waals surface area (Å²) in [5.41, 5.74) is -1.91. The lowest BCUT2D eigenvalue weighted by molar-refractivity contribution is -0.137. The summed E-state index contributed by atoms with van der Waals surface area (Å²) in [5.74, 6) is -1.49. The molecule has 0 aliphatic carbocycles. The van der Waals surface area contributed by atoms with Crippen LogP contribution >= 0.6 is 0 Å². The monoisotopic (exact) mass is 375 g/mol. The fourth-order valence-corrected chi connectivity index (χ4v) is 2.73. The van der Waals surface area contributed by atoms with E-state index < -0.39 is 28.7 Å². The van der Waals surface area contributed by atoms with Gasteiger partial charge in [0.1, 0.15) is 11.9 Å². The summed E-state index contributed by atoms with van der Waals surface area (Å²) in [6.45, 7) is 1.51. The molecule has 0 unspecified atom stereocenters. The number of aromatic nitrogens is 3. The standard InChI is InChI=1S/C18H12F3N3O3/c1-10-15(11-3-2-4-12(5-11)18(19,20)21)16(25)14(17(26)27)8-24(10)13-6-22-9-23-7-13/h2-9H,1H3,(H,26,27). The molecule has 3 aromatic rings. The van der Waals surface area contributed by atoms with Gasteiger partial charge in [-0.2, -0.15) is 13.2 Å². The first-order valence-electron chi connectivity index (χ1n) is 7.62. The first kappa shape index (κ1) is 18.3. The van der Waals surface area contributed by atoms with E-state index in [0.717, 1.165) is 18.3 Å². The van der Waals surface area contributed by atoms with Crippen molar-refractivity contribution in [3.63, 3.8) is 0 Å². The van der Waals surface area contributed by atoms with Crippen molar-refractivity contribution in [2.45, 2.75) is 13.1 Å². The van der Waals surface area contributed by atoms with Gasteiger partial charge in [0, 0.05) is 17.5 Å². The van der Waals surface area contributed by atoms with Gasteiger partial charge in [0.2, 0.25) is 5.43 Å². The van der Waals surface area contributed by atoms with Crippen molar-refractivity contribution >= 4 is 5.97 Å². The summed E-state index contributed by atoms with van der Waals surface area (Å²) in [6.07, 6.45) is 0.571. The molecule has 0 spiro atoms. The van der Waals surface area contributed by atoms with Gasteiger partial charge < -0.3 is 9.67 Å². The Balaban J connectivity index is 2.35. The molecule has 0 aliphatic heterocycles. The number of benzene rings is 1. The van der Waals surface area contributed by atoms with E-state index in [0.29, 0.717) is 5.69 Å². The van der Waals surface area contributed by atoms with E-state index in [2.05, 4.69) is 9.97 Å². The van der Waals surface area contributed by atoms with Crippen molar-refractivity contribution in [1.82, 2.24) is 14.5 Å². The van der Waals surface area contributed by atoms with Gasteiger partial charge in [-0.15, -0.1) is 0 Å². The van der Waals surface area contributed by atoms with Gasteiger partial charge >= 0.3 is 12.1 Å². The Hall–Kier alpha value is -3.49. The highest BCUT2D eigenvalue weighted by molar-refractivity contribution is 5.89. The third kappa shape index (κ3) is 3.43. The SMILES string of the molecule is Cc1c(-c2cccc(C(F)(F)F)c2)c(=O)c(C(=O)O)cn1-c1cncnc1. The zero-order valence-corrected chi connectivity index (χ0v) is 13.9. The van der Waals surface area contributed by atoms with E-state index in [-0.39, 0.29) is 16.8 Å². The second-order valence-corrected chi connectivity index (χ2v) is 5.68. The lowest BCUT2D eigenvalue weighted by atomic mass is 9.99. The third-order valence-electron chi connectivity index (χ3n) is 3.99. The fraction of sp³-hybridized carbons (Fsp3) is 0.111. The lowest BCUT2D eigenvalue weighted by Gasteiger charge is -2.16. The number of alkyl halides is 3. The van der Waals surface area contributed by atoms with Gasteiger partial charge in [-0.3, -0.25) is 4.79 Å². The van der Waals surface area contributed by atoms with Crippen LogP contribution in [0.3, 0.4) is 0 Å². The highest BCUT2D eigenvalue weighted by Crippen LogP contribution is 2.32. The van der Waals surface area contributed by atoms with Crippen LogP contribution in [0.15, 0.2) is 54.0 Å². The van der Waals surface area contributed by atoms with E-state index >= 15 is 0 Å². The van der Waals surface area contributed by atoms with E-state index in [4.69, 9.17) is 0 Å². The Kier molecular flexibility index (Phi) is 4.52. The van der Waals surface area contributed by atoms with Crippen LogP contribution in [0, 0.1) is 6.92 Å². The van der Waals surface area contributed by atoms with Gasteiger partial charge in [0.15, 0.2) is 0 Å². The maximum Gasteiger partial charge on any atom is 0.416 e. The van der Waals surface area contributed by atoms with Gasteiger partial charge in [-0.25, -0.2) is 14.8 Å². The molecule has 0 saturated carbocycles. The number of carbonyl (C=O) groups is 1. The summed E-state index contributed by atoms with van der Waals surface area (Å²) >= 11 is 0.